The average Bonchev–Trinajstić information content (AvgIpc) is 2.60. The quantitative estimate of drug-likeness (QED) is 0.653. The SMILES string of the molecule is CC.CC.CC(C)(C)OC(=O)N1CCC2(CCC(CC#N)CO2)CC1. The number of hydrogen-bond donors (Lipinski definition) is 0. The fraction of sp³-hybridized carbons (Fsp3) is 0.900. The second-order valence-electron chi connectivity index (χ2n) is 7.23. The van der Waals surface area contributed by atoms with Crippen molar-refractivity contribution < 1.29 is 14.3 Å². The van der Waals surface area contributed by atoms with E-state index < -0.39 is 5.60 Å². The molecule has 0 saturated carbocycles. The molecule has 146 valence electrons. The number of ether oxygens (including phenoxy) is 2. The molecule has 0 N–H and O–H groups in total. The maximum Gasteiger partial charge on any atom is 0.410 e. The van der Waals surface area contributed by atoms with Crippen LogP contribution in [0.2, 0.25) is 0 Å². The van der Waals surface area contributed by atoms with Crippen molar-refractivity contribution in [2.24, 2.45) is 5.92 Å². The molecule has 2 aliphatic rings. The first-order valence-electron chi connectivity index (χ1n) is 9.82. The third-order valence-electron chi connectivity index (χ3n) is 4.34. The van der Waals surface area contributed by atoms with Gasteiger partial charge in [0.1, 0.15) is 5.60 Å². The molecule has 25 heavy (non-hydrogen) atoms. The van der Waals surface area contributed by atoms with Gasteiger partial charge >= 0.3 is 6.09 Å². The minimum atomic E-state index is -0.446. The molecule has 1 amide bonds. The average molecular weight is 355 g/mol. The van der Waals surface area contributed by atoms with Gasteiger partial charge in [-0.05, 0) is 52.4 Å². The highest BCUT2D eigenvalue weighted by Crippen LogP contribution is 2.37. The number of nitriles is 1. The number of hydrogen-bond acceptors (Lipinski definition) is 4. The molecular formula is C20H38N2O3. The smallest absolute Gasteiger partial charge is 0.410 e. The molecular weight excluding hydrogens is 316 g/mol. The van der Waals surface area contributed by atoms with Gasteiger partial charge in [0.25, 0.3) is 0 Å². The van der Waals surface area contributed by atoms with Crippen LogP contribution in [0.15, 0.2) is 0 Å². The van der Waals surface area contributed by atoms with Crippen molar-refractivity contribution in [1.29, 1.82) is 5.26 Å². The Hall–Kier alpha value is -1.28. The third kappa shape index (κ3) is 8.09. The zero-order valence-electron chi connectivity index (χ0n) is 17.4. The largest absolute Gasteiger partial charge is 0.444 e. The molecule has 0 aromatic rings. The number of carbonyl (C=O) groups excluding carboxylic acids is 1. The van der Waals surface area contributed by atoms with Gasteiger partial charge in [-0.3, -0.25) is 0 Å². The van der Waals surface area contributed by atoms with E-state index in [1.165, 1.54) is 0 Å². The van der Waals surface area contributed by atoms with E-state index in [-0.39, 0.29) is 11.7 Å². The number of nitrogens with zero attached hydrogens (tertiary/aromatic N) is 2. The van der Waals surface area contributed by atoms with E-state index in [9.17, 15) is 4.79 Å². The highest BCUT2D eigenvalue weighted by molar-refractivity contribution is 5.68. The summed E-state index contributed by atoms with van der Waals surface area (Å²) in [7, 11) is 0. The molecule has 2 aliphatic heterocycles. The van der Waals surface area contributed by atoms with Gasteiger partial charge in [0, 0.05) is 19.5 Å². The van der Waals surface area contributed by atoms with Crippen LogP contribution in [-0.2, 0) is 9.47 Å². The topological polar surface area (TPSA) is 62.6 Å². The second-order valence-corrected chi connectivity index (χ2v) is 7.23. The van der Waals surface area contributed by atoms with Crippen molar-refractivity contribution in [3.05, 3.63) is 0 Å². The van der Waals surface area contributed by atoms with Crippen molar-refractivity contribution in [3.63, 3.8) is 0 Å². The van der Waals surface area contributed by atoms with E-state index in [0.717, 1.165) is 25.7 Å². The summed E-state index contributed by atoms with van der Waals surface area (Å²) in [6.07, 6.45) is 4.15. The zero-order valence-corrected chi connectivity index (χ0v) is 17.4. The Kier molecular flexibility index (Phi) is 10.8. The number of amides is 1. The van der Waals surface area contributed by atoms with Crippen LogP contribution in [0.25, 0.3) is 0 Å². The highest BCUT2D eigenvalue weighted by Gasteiger charge is 2.40. The van der Waals surface area contributed by atoms with Gasteiger partial charge in [0.05, 0.1) is 18.3 Å². The van der Waals surface area contributed by atoms with Crippen LogP contribution in [0, 0.1) is 17.2 Å². The van der Waals surface area contributed by atoms with Gasteiger partial charge in [0.2, 0.25) is 0 Å². The van der Waals surface area contributed by atoms with Crippen LogP contribution >= 0.6 is 0 Å². The van der Waals surface area contributed by atoms with Crippen molar-refractivity contribution in [1.82, 2.24) is 4.90 Å². The Morgan fingerprint density at radius 2 is 1.76 bits per heavy atom. The number of likely N-dealkylation sites (tertiary alicyclic amines) is 1. The zero-order chi connectivity index (χ0) is 19.5. The molecule has 0 radical (unpaired) electrons. The lowest BCUT2D eigenvalue weighted by molar-refractivity contribution is -0.127. The van der Waals surface area contributed by atoms with Gasteiger partial charge in [-0.2, -0.15) is 5.26 Å². The first-order valence-corrected chi connectivity index (χ1v) is 9.82. The molecule has 5 nitrogen and oxygen atoms in total. The number of rotatable bonds is 1. The Balaban J connectivity index is 0.00000134. The lowest BCUT2D eigenvalue weighted by Gasteiger charge is -2.45. The summed E-state index contributed by atoms with van der Waals surface area (Å²) in [5, 5.41) is 8.75. The van der Waals surface area contributed by atoms with E-state index in [1.807, 2.05) is 48.5 Å². The summed E-state index contributed by atoms with van der Waals surface area (Å²) in [6, 6.07) is 2.22. The summed E-state index contributed by atoms with van der Waals surface area (Å²) in [5.41, 5.74) is -0.525. The van der Waals surface area contributed by atoms with Gasteiger partial charge < -0.3 is 14.4 Å². The highest BCUT2D eigenvalue weighted by atomic mass is 16.6. The summed E-state index contributed by atoms with van der Waals surface area (Å²) < 4.78 is 11.5. The molecule has 2 rings (SSSR count). The Morgan fingerprint density at radius 3 is 2.16 bits per heavy atom. The Morgan fingerprint density at radius 1 is 1.20 bits per heavy atom. The molecule has 1 unspecified atom stereocenters. The third-order valence-corrected chi connectivity index (χ3v) is 4.34. The van der Waals surface area contributed by atoms with Crippen LogP contribution in [-0.4, -0.2) is 41.9 Å². The molecule has 0 aromatic carbocycles. The maximum atomic E-state index is 12.0. The molecule has 1 spiro atoms. The van der Waals surface area contributed by atoms with Gasteiger partial charge in [-0.15, -0.1) is 0 Å². The minimum Gasteiger partial charge on any atom is -0.444 e. The van der Waals surface area contributed by atoms with Crippen LogP contribution < -0.4 is 0 Å². The summed E-state index contributed by atoms with van der Waals surface area (Å²) in [4.78, 5) is 13.8. The first-order chi connectivity index (χ1) is 11.8. The summed E-state index contributed by atoms with van der Waals surface area (Å²) in [6.45, 7) is 15.7. The van der Waals surface area contributed by atoms with Crippen molar-refractivity contribution in [3.8, 4) is 6.07 Å². The van der Waals surface area contributed by atoms with E-state index >= 15 is 0 Å². The lowest BCUT2D eigenvalue weighted by Crippen LogP contribution is -2.51. The molecule has 1 atom stereocenters. The number of piperidine rings is 1. The van der Waals surface area contributed by atoms with Crippen molar-refractivity contribution in [2.75, 3.05) is 19.7 Å². The van der Waals surface area contributed by atoms with Crippen LogP contribution in [0.3, 0.4) is 0 Å². The summed E-state index contributed by atoms with van der Waals surface area (Å²) in [5.74, 6) is 0.379. The van der Waals surface area contributed by atoms with Gasteiger partial charge in [-0.1, -0.05) is 27.7 Å². The molecule has 2 saturated heterocycles. The standard InChI is InChI=1S/C16H26N2O3.2C2H6/c1-15(2,3)21-14(19)18-10-7-16(8-11-18)6-4-13(5-9-17)12-20-16;2*1-2/h13H,4-8,10-12H2,1-3H3;2*1-2H3. The van der Waals surface area contributed by atoms with Gasteiger partial charge in [0.15, 0.2) is 0 Å². The van der Waals surface area contributed by atoms with E-state index in [2.05, 4.69) is 6.07 Å². The Bertz CT molecular complexity index is 406. The van der Waals surface area contributed by atoms with Gasteiger partial charge in [-0.25, -0.2) is 4.79 Å². The van der Waals surface area contributed by atoms with E-state index in [1.54, 1.807) is 4.90 Å². The molecule has 5 heteroatoms. The molecule has 2 heterocycles. The van der Waals surface area contributed by atoms with E-state index in [0.29, 0.717) is 32.0 Å². The fourth-order valence-electron chi connectivity index (χ4n) is 3.03. The Labute approximate surface area is 154 Å². The van der Waals surface area contributed by atoms with Crippen LogP contribution in [0.1, 0.15) is 80.6 Å². The monoisotopic (exact) mass is 354 g/mol. The first kappa shape index (κ1) is 23.7. The molecule has 0 bridgehead atoms. The van der Waals surface area contributed by atoms with E-state index in [4.69, 9.17) is 14.7 Å². The predicted molar refractivity (Wildman–Crippen MR) is 101 cm³/mol. The fourth-order valence-corrected chi connectivity index (χ4v) is 3.03. The predicted octanol–water partition coefficient (Wildman–Crippen LogP) is 5.15. The molecule has 2 fully saturated rings. The minimum absolute atomic E-state index is 0.0789. The van der Waals surface area contributed by atoms with Crippen LogP contribution in [0.5, 0.6) is 0 Å². The van der Waals surface area contributed by atoms with Crippen molar-refractivity contribution in [2.45, 2.75) is 91.8 Å². The number of carbonyl (C=O) groups is 1. The summed E-state index contributed by atoms with van der Waals surface area (Å²) >= 11 is 0. The normalized spacial score (nSPS) is 21.8. The van der Waals surface area contributed by atoms with Crippen LogP contribution in [0.4, 0.5) is 4.79 Å². The maximum absolute atomic E-state index is 12.0. The molecule has 0 aromatic heterocycles. The lowest BCUT2D eigenvalue weighted by atomic mass is 9.81. The second kappa shape index (κ2) is 11.4. The molecule has 0 aliphatic carbocycles. The van der Waals surface area contributed by atoms with Crippen molar-refractivity contribution >= 4 is 6.09 Å².